The lowest BCUT2D eigenvalue weighted by Gasteiger charge is -2.23. The van der Waals surface area contributed by atoms with Gasteiger partial charge < -0.3 is 5.32 Å². The number of hydrogen-bond acceptors (Lipinski definition) is 2. The highest BCUT2D eigenvalue weighted by Gasteiger charge is 2.15. The van der Waals surface area contributed by atoms with Gasteiger partial charge in [0, 0.05) is 12.1 Å². The number of nitrogens with one attached hydrogen (secondary N) is 1. The van der Waals surface area contributed by atoms with Gasteiger partial charge in [0.15, 0.2) is 0 Å². The van der Waals surface area contributed by atoms with Crippen LogP contribution in [-0.2, 0) is 13.0 Å². The third-order valence-corrected chi connectivity index (χ3v) is 4.34. The van der Waals surface area contributed by atoms with Gasteiger partial charge in [0.1, 0.15) is 0 Å². The van der Waals surface area contributed by atoms with E-state index in [4.69, 9.17) is 0 Å². The fraction of sp³-hybridized carbons (Fsp3) is 0.800. The van der Waals surface area contributed by atoms with Crippen molar-refractivity contribution in [2.24, 2.45) is 5.92 Å². The summed E-state index contributed by atoms with van der Waals surface area (Å²) in [5.41, 5.74) is 2.64. The van der Waals surface area contributed by atoms with Gasteiger partial charge in [-0.1, -0.05) is 6.92 Å². The number of aromatic nitrogens is 2. The van der Waals surface area contributed by atoms with Crippen molar-refractivity contribution in [2.45, 2.75) is 66.5 Å². The summed E-state index contributed by atoms with van der Waals surface area (Å²) in [6, 6.07) is 0. The topological polar surface area (TPSA) is 29.9 Å². The molecule has 4 heteroatoms. The van der Waals surface area contributed by atoms with E-state index in [1.54, 1.807) is 0 Å². The highest BCUT2D eigenvalue weighted by atomic mass is 79.9. The van der Waals surface area contributed by atoms with Gasteiger partial charge in [0.2, 0.25) is 0 Å². The number of hydrogen-bond donors (Lipinski definition) is 1. The molecule has 0 aliphatic carbocycles. The van der Waals surface area contributed by atoms with Crippen LogP contribution < -0.4 is 5.32 Å². The van der Waals surface area contributed by atoms with Gasteiger partial charge in [0.05, 0.1) is 15.9 Å². The zero-order valence-electron chi connectivity index (χ0n) is 13.2. The molecule has 0 radical (unpaired) electrons. The van der Waals surface area contributed by atoms with E-state index in [-0.39, 0.29) is 5.54 Å². The first-order chi connectivity index (χ1) is 8.74. The summed E-state index contributed by atoms with van der Waals surface area (Å²) in [5.74, 6) is 0.673. The molecule has 0 aliphatic heterocycles. The predicted octanol–water partition coefficient (Wildman–Crippen LogP) is 3.93. The van der Waals surface area contributed by atoms with Crippen LogP contribution in [0, 0.1) is 12.8 Å². The Balaban J connectivity index is 2.52. The molecule has 1 atom stereocenters. The molecule has 1 heterocycles. The van der Waals surface area contributed by atoms with Crippen LogP contribution in [0.4, 0.5) is 0 Å². The minimum Gasteiger partial charge on any atom is -0.312 e. The highest BCUT2D eigenvalue weighted by molar-refractivity contribution is 9.10. The molecule has 0 saturated heterocycles. The summed E-state index contributed by atoms with van der Waals surface area (Å²) in [6.07, 6.45) is 2.27. The van der Waals surface area contributed by atoms with Gasteiger partial charge in [-0.25, -0.2) is 0 Å². The van der Waals surface area contributed by atoms with Crippen molar-refractivity contribution in [1.29, 1.82) is 0 Å². The minimum absolute atomic E-state index is 0.205. The second-order valence-corrected chi connectivity index (χ2v) is 7.23. The van der Waals surface area contributed by atoms with Crippen LogP contribution in [0.25, 0.3) is 0 Å². The Hall–Kier alpha value is -0.350. The Morgan fingerprint density at radius 1 is 1.37 bits per heavy atom. The lowest BCUT2D eigenvalue weighted by atomic mass is 10.0. The largest absolute Gasteiger partial charge is 0.312 e. The monoisotopic (exact) mass is 329 g/mol. The number of rotatable bonds is 6. The van der Waals surface area contributed by atoms with Gasteiger partial charge in [-0.2, -0.15) is 5.10 Å². The maximum Gasteiger partial charge on any atom is 0.0738 e. The maximum atomic E-state index is 4.55. The molecule has 1 rings (SSSR count). The first-order valence-corrected chi connectivity index (χ1v) is 8.00. The molecule has 19 heavy (non-hydrogen) atoms. The van der Waals surface area contributed by atoms with Gasteiger partial charge in [0.25, 0.3) is 0 Å². The highest BCUT2D eigenvalue weighted by Crippen LogP contribution is 2.23. The summed E-state index contributed by atoms with van der Waals surface area (Å²) in [6.45, 7) is 15.2. The number of halogens is 1. The second kappa shape index (κ2) is 6.89. The van der Waals surface area contributed by atoms with Crippen molar-refractivity contribution in [1.82, 2.24) is 15.1 Å². The number of nitrogens with zero attached hydrogens (tertiary/aromatic N) is 2. The third-order valence-electron chi connectivity index (χ3n) is 3.31. The predicted molar refractivity (Wildman–Crippen MR) is 85.6 cm³/mol. The Kier molecular flexibility index (Phi) is 6.06. The smallest absolute Gasteiger partial charge is 0.0738 e. The molecule has 1 aromatic heterocycles. The molecule has 0 amide bonds. The van der Waals surface area contributed by atoms with Crippen LogP contribution in [0.2, 0.25) is 0 Å². The fourth-order valence-corrected chi connectivity index (χ4v) is 2.56. The summed E-state index contributed by atoms with van der Waals surface area (Å²) in [7, 11) is 0. The van der Waals surface area contributed by atoms with Crippen molar-refractivity contribution in [2.75, 3.05) is 6.54 Å². The van der Waals surface area contributed by atoms with Crippen LogP contribution >= 0.6 is 15.9 Å². The fourth-order valence-electron chi connectivity index (χ4n) is 2.07. The number of aryl methyl sites for hydroxylation is 2. The third kappa shape index (κ3) is 5.27. The van der Waals surface area contributed by atoms with E-state index in [0.29, 0.717) is 5.92 Å². The molecule has 0 bridgehead atoms. The minimum atomic E-state index is 0.205. The standard InChI is InChI=1S/C15H28BrN3/c1-7-19-13(14(16)12(3)18-19)9-8-11(2)10-17-15(4,5)6/h11,17H,7-10H2,1-6H3. The van der Waals surface area contributed by atoms with Crippen LogP contribution in [0.3, 0.4) is 0 Å². The molecular formula is C15H28BrN3. The van der Waals surface area contributed by atoms with Crippen LogP contribution in [-0.4, -0.2) is 21.9 Å². The molecule has 110 valence electrons. The van der Waals surface area contributed by atoms with E-state index in [1.165, 1.54) is 16.6 Å². The van der Waals surface area contributed by atoms with Gasteiger partial charge >= 0.3 is 0 Å². The first kappa shape index (κ1) is 16.7. The lowest BCUT2D eigenvalue weighted by Crippen LogP contribution is -2.38. The molecule has 0 saturated carbocycles. The zero-order chi connectivity index (χ0) is 14.6. The maximum absolute atomic E-state index is 4.55. The zero-order valence-corrected chi connectivity index (χ0v) is 14.8. The van der Waals surface area contributed by atoms with Gasteiger partial charge in [-0.05, 0) is 75.9 Å². The van der Waals surface area contributed by atoms with E-state index in [0.717, 1.165) is 25.2 Å². The Morgan fingerprint density at radius 3 is 2.53 bits per heavy atom. The normalized spacial score (nSPS) is 13.8. The summed E-state index contributed by atoms with van der Waals surface area (Å²) >= 11 is 3.66. The van der Waals surface area contributed by atoms with Crippen molar-refractivity contribution in [3.8, 4) is 0 Å². The van der Waals surface area contributed by atoms with Crippen molar-refractivity contribution in [3.05, 3.63) is 15.9 Å². The molecule has 1 N–H and O–H groups in total. The van der Waals surface area contributed by atoms with Crippen molar-refractivity contribution >= 4 is 15.9 Å². The summed E-state index contributed by atoms with van der Waals surface area (Å²) in [5, 5.41) is 8.12. The quantitative estimate of drug-likeness (QED) is 0.856. The Bertz CT molecular complexity index is 404. The molecule has 0 aromatic carbocycles. The Labute approximate surface area is 126 Å². The molecule has 1 unspecified atom stereocenters. The molecule has 0 aliphatic rings. The molecule has 0 fully saturated rings. The first-order valence-electron chi connectivity index (χ1n) is 7.21. The SMILES string of the molecule is CCn1nc(C)c(Br)c1CCC(C)CNC(C)(C)C. The second-order valence-electron chi connectivity index (χ2n) is 6.44. The van der Waals surface area contributed by atoms with Crippen LogP contribution in [0.15, 0.2) is 4.47 Å². The van der Waals surface area contributed by atoms with Crippen LogP contribution in [0.5, 0.6) is 0 Å². The summed E-state index contributed by atoms with van der Waals surface area (Å²) in [4.78, 5) is 0. The molecule has 3 nitrogen and oxygen atoms in total. The van der Waals surface area contributed by atoms with E-state index >= 15 is 0 Å². The van der Waals surface area contributed by atoms with Gasteiger partial charge in [-0.3, -0.25) is 4.68 Å². The van der Waals surface area contributed by atoms with E-state index in [9.17, 15) is 0 Å². The van der Waals surface area contributed by atoms with E-state index in [1.807, 2.05) is 0 Å². The van der Waals surface area contributed by atoms with Crippen molar-refractivity contribution in [3.63, 3.8) is 0 Å². The Morgan fingerprint density at radius 2 is 2.00 bits per heavy atom. The summed E-state index contributed by atoms with van der Waals surface area (Å²) < 4.78 is 3.30. The van der Waals surface area contributed by atoms with Crippen LogP contribution in [0.1, 0.15) is 52.4 Å². The van der Waals surface area contributed by atoms with E-state index in [2.05, 4.69) is 72.6 Å². The molecule has 1 aromatic rings. The average Bonchev–Trinajstić information content (AvgIpc) is 2.59. The van der Waals surface area contributed by atoms with Crippen molar-refractivity contribution < 1.29 is 0 Å². The molecular weight excluding hydrogens is 302 g/mol. The molecule has 0 spiro atoms. The van der Waals surface area contributed by atoms with E-state index < -0.39 is 0 Å². The van der Waals surface area contributed by atoms with Gasteiger partial charge in [-0.15, -0.1) is 0 Å². The lowest BCUT2D eigenvalue weighted by molar-refractivity contribution is 0.370. The average molecular weight is 330 g/mol.